The SMILES string of the molecule is CC1C=c2c(sc3ccccc23)=C(c2ccc3c(c2)c2ccccc2n3-c2cccc(C(N)=NC(NCc3ccccc3)c3cccc(C#N)c3)c2)C1. The van der Waals surface area contributed by atoms with Gasteiger partial charge in [0.15, 0.2) is 0 Å². The van der Waals surface area contributed by atoms with E-state index in [0.29, 0.717) is 23.9 Å². The lowest BCUT2D eigenvalue weighted by molar-refractivity contribution is 0.554. The van der Waals surface area contributed by atoms with Gasteiger partial charge in [0.2, 0.25) is 0 Å². The van der Waals surface area contributed by atoms with Crippen LogP contribution in [-0.4, -0.2) is 10.4 Å². The third kappa shape index (κ3) is 6.10. The summed E-state index contributed by atoms with van der Waals surface area (Å²) in [5, 5.41) is 18.3. The average molecular weight is 704 g/mol. The number of rotatable bonds is 8. The summed E-state index contributed by atoms with van der Waals surface area (Å²) in [6.07, 6.45) is 3.03. The first-order chi connectivity index (χ1) is 26.0. The Labute approximate surface area is 312 Å². The molecule has 0 amide bonds. The molecule has 5 nitrogen and oxygen atoms in total. The minimum atomic E-state index is -0.446. The molecule has 9 rings (SSSR count). The quantitative estimate of drug-likeness (QED) is 0.122. The highest BCUT2D eigenvalue weighted by molar-refractivity contribution is 7.17. The Morgan fingerprint density at radius 3 is 2.47 bits per heavy atom. The molecule has 2 unspecified atom stereocenters. The molecule has 3 N–H and O–H groups in total. The molecule has 2 aromatic heterocycles. The number of fused-ring (bicyclic) bond motifs is 6. The minimum Gasteiger partial charge on any atom is -0.383 e. The highest BCUT2D eigenvalue weighted by Gasteiger charge is 2.19. The highest BCUT2D eigenvalue weighted by Crippen LogP contribution is 2.35. The van der Waals surface area contributed by atoms with Crippen molar-refractivity contribution in [1.29, 1.82) is 5.26 Å². The molecule has 0 spiro atoms. The number of nitrogens with two attached hydrogens (primary N) is 1. The third-order valence-corrected chi connectivity index (χ3v) is 11.5. The number of nitriles is 1. The fraction of sp³-hybridized carbons (Fsp3) is 0.106. The summed E-state index contributed by atoms with van der Waals surface area (Å²) in [5.41, 5.74) is 16.3. The van der Waals surface area contributed by atoms with Gasteiger partial charge in [-0.05, 0) is 88.4 Å². The van der Waals surface area contributed by atoms with E-state index in [9.17, 15) is 5.26 Å². The fourth-order valence-corrected chi connectivity index (χ4v) is 9.01. The second kappa shape index (κ2) is 13.7. The van der Waals surface area contributed by atoms with Crippen LogP contribution in [-0.2, 0) is 6.54 Å². The van der Waals surface area contributed by atoms with Crippen molar-refractivity contribution in [1.82, 2.24) is 9.88 Å². The minimum absolute atomic E-state index is 0.418. The van der Waals surface area contributed by atoms with E-state index in [-0.39, 0.29) is 0 Å². The molecule has 8 aromatic rings. The van der Waals surface area contributed by atoms with Gasteiger partial charge < -0.3 is 10.3 Å². The van der Waals surface area contributed by atoms with E-state index in [0.717, 1.165) is 39.8 Å². The Morgan fingerprint density at radius 1 is 0.830 bits per heavy atom. The lowest BCUT2D eigenvalue weighted by atomic mass is 9.90. The summed E-state index contributed by atoms with van der Waals surface area (Å²) >= 11 is 1.91. The van der Waals surface area contributed by atoms with Crippen LogP contribution in [0.2, 0.25) is 0 Å². The molecule has 0 saturated heterocycles. The maximum absolute atomic E-state index is 9.61. The Bertz CT molecular complexity index is 2870. The average Bonchev–Trinajstić information content (AvgIpc) is 3.75. The summed E-state index contributed by atoms with van der Waals surface area (Å²) in [6, 6.07) is 52.7. The molecule has 2 heterocycles. The van der Waals surface area contributed by atoms with Crippen molar-refractivity contribution in [2.75, 3.05) is 0 Å². The zero-order chi connectivity index (χ0) is 35.9. The number of nitrogens with one attached hydrogen (secondary N) is 1. The Hall–Kier alpha value is -6.26. The third-order valence-electron chi connectivity index (χ3n) is 10.2. The number of amidine groups is 1. The monoisotopic (exact) mass is 703 g/mol. The molecule has 53 heavy (non-hydrogen) atoms. The van der Waals surface area contributed by atoms with Crippen LogP contribution in [0, 0.1) is 17.2 Å². The first-order valence-corrected chi connectivity index (χ1v) is 18.8. The predicted octanol–water partition coefficient (Wildman–Crippen LogP) is 9.08. The summed E-state index contributed by atoms with van der Waals surface area (Å²) in [7, 11) is 0. The van der Waals surface area contributed by atoms with Crippen molar-refractivity contribution < 1.29 is 0 Å². The zero-order valence-electron chi connectivity index (χ0n) is 29.3. The number of hydrogen-bond acceptors (Lipinski definition) is 4. The van der Waals surface area contributed by atoms with Gasteiger partial charge in [-0.2, -0.15) is 5.26 Å². The van der Waals surface area contributed by atoms with E-state index >= 15 is 0 Å². The number of benzene rings is 6. The molecule has 0 radical (unpaired) electrons. The Balaban J connectivity index is 1.13. The molecule has 6 heteroatoms. The molecule has 0 fully saturated rings. The van der Waals surface area contributed by atoms with Crippen molar-refractivity contribution in [3.05, 3.63) is 183 Å². The van der Waals surface area contributed by atoms with Gasteiger partial charge in [0, 0.05) is 43.2 Å². The van der Waals surface area contributed by atoms with E-state index in [1.807, 2.05) is 59.9 Å². The second-order valence-electron chi connectivity index (χ2n) is 13.8. The van der Waals surface area contributed by atoms with Crippen molar-refractivity contribution >= 4 is 60.7 Å². The number of aliphatic imine (C=N–C) groups is 1. The zero-order valence-corrected chi connectivity index (χ0v) is 30.1. The van der Waals surface area contributed by atoms with Crippen molar-refractivity contribution in [3.8, 4) is 11.8 Å². The normalized spacial score (nSPS) is 15.0. The van der Waals surface area contributed by atoms with Gasteiger partial charge in [0.05, 0.1) is 22.7 Å². The molecule has 2 atom stereocenters. The van der Waals surface area contributed by atoms with E-state index in [4.69, 9.17) is 10.7 Å². The summed E-state index contributed by atoms with van der Waals surface area (Å²) in [6.45, 7) is 2.93. The van der Waals surface area contributed by atoms with Crippen LogP contribution in [0.3, 0.4) is 0 Å². The first kappa shape index (κ1) is 32.6. The lowest BCUT2D eigenvalue weighted by Gasteiger charge is -2.17. The molecular weight excluding hydrogens is 667 g/mol. The maximum Gasteiger partial charge on any atom is 0.128 e. The largest absolute Gasteiger partial charge is 0.383 e. The molecular formula is C47H37N5S. The van der Waals surface area contributed by atoms with Gasteiger partial charge in [-0.15, -0.1) is 11.3 Å². The Kier molecular flexibility index (Phi) is 8.44. The lowest BCUT2D eigenvalue weighted by Crippen LogP contribution is -2.27. The molecule has 256 valence electrons. The van der Waals surface area contributed by atoms with Crippen LogP contribution in [0.4, 0.5) is 0 Å². The topological polar surface area (TPSA) is 79.1 Å². The van der Waals surface area contributed by atoms with Crippen LogP contribution in [0.25, 0.3) is 49.2 Å². The molecule has 0 bridgehead atoms. The number of thiophene rings is 1. The first-order valence-electron chi connectivity index (χ1n) is 18.0. The highest BCUT2D eigenvalue weighted by atomic mass is 32.1. The molecule has 0 saturated carbocycles. The van der Waals surface area contributed by atoms with Crippen molar-refractivity contribution in [2.45, 2.75) is 26.1 Å². The summed E-state index contributed by atoms with van der Waals surface area (Å²) in [5.74, 6) is 0.882. The number of para-hydroxylation sites is 1. The molecule has 6 aromatic carbocycles. The van der Waals surface area contributed by atoms with E-state index in [1.54, 1.807) is 6.07 Å². The van der Waals surface area contributed by atoms with Crippen molar-refractivity contribution in [2.24, 2.45) is 16.6 Å². The number of nitrogens with zero attached hydrogens (tertiary/aromatic N) is 3. The summed E-state index contributed by atoms with van der Waals surface area (Å²) < 4.78 is 5.07. The van der Waals surface area contributed by atoms with Gasteiger partial charge in [-0.1, -0.05) is 110 Å². The smallest absolute Gasteiger partial charge is 0.128 e. The Morgan fingerprint density at radius 2 is 1.60 bits per heavy atom. The molecule has 1 aliphatic carbocycles. The second-order valence-corrected chi connectivity index (χ2v) is 14.9. The van der Waals surface area contributed by atoms with E-state index in [1.165, 1.54) is 41.7 Å². The van der Waals surface area contributed by atoms with Gasteiger partial charge >= 0.3 is 0 Å². The van der Waals surface area contributed by atoms with Crippen LogP contribution in [0.5, 0.6) is 0 Å². The number of aromatic nitrogens is 1. The van der Waals surface area contributed by atoms with Crippen LogP contribution >= 0.6 is 11.3 Å². The van der Waals surface area contributed by atoms with Gasteiger partial charge in [-0.25, -0.2) is 4.99 Å². The van der Waals surface area contributed by atoms with Crippen LogP contribution in [0.15, 0.2) is 151 Å². The van der Waals surface area contributed by atoms with E-state index < -0.39 is 6.17 Å². The van der Waals surface area contributed by atoms with Gasteiger partial charge in [-0.3, -0.25) is 5.32 Å². The van der Waals surface area contributed by atoms with E-state index in [2.05, 4.69) is 120 Å². The molecule has 0 aliphatic heterocycles. The van der Waals surface area contributed by atoms with Crippen LogP contribution in [0.1, 0.15) is 47.3 Å². The van der Waals surface area contributed by atoms with Crippen LogP contribution < -0.4 is 20.8 Å². The number of hydrogen-bond donors (Lipinski definition) is 2. The predicted molar refractivity (Wildman–Crippen MR) is 221 cm³/mol. The standard InChI is InChI=1S/C47H37N5S/c1-30-23-39(45-41(24-30)38-18-6-8-20-44(38)53-45)33-21-22-43-40(27-33)37-17-5-7-19-42(37)52(43)36-16-10-14-34(26-36)46(49)51-47(35-15-9-13-32(25-35)28-48)50-29-31-11-3-2-4-12-31/h2-22,24-27,30,47,50H,23,29H2,1H3,(H2,49,51). The van der Waals surface area contributed by atoms with Crippen molar-refractivity contribution in [3.63, 3.8) is 0 Å². The maximum atomic E-state index is 9.61. The molecule has 1 aliphatic rings. The van der Waals surface area contributed by atoms with Gasteiger partial charge in [0.25, 0.3) is 0 Å². The fourth-order valence-electron chi connectivity index (χ4n) is 7.75. The van der Waals surface area contributed by atoms with Gasteiger partial charge in [0.1, 0.15) is 12.0 Å². The summed E-state index contributed by atoms with van der Waals surface area (Å²) in [4.78, 5) is 5.02.